The van der Waals surface area contributed by atoms with Crippen LogP contribution in [0.2, 0.25) is 0 Å². The van der Waals surface area contributed by atoms with Crippen molar-refractivity contribution in [2.24, 2.45) is 5.92 Å². The molecule has 1 aromatic heterocycles. The normalized spacial score (nSPS) is 13.9. The van der Waals surface area contributed by atoms with E-state index in [9.17, 15) is 28.6 Å². The molecular formula is C35H45N4O11P. The number of rotatable bonds is 19. The van der Waals surface area contributed by atoms with Gasteiger partial charge in [-0.2, -0.15) is 5.06 Å². The number of hydrogen-bond acceptors (Lipinski definition) is 11. The summed E-state index contributed by atoms with van der Waals surface area (Å²) in [5.41, 5.74) is 1.47. The highest BCUT2D eigenvalue weighted by atomic mass is 31.1. The van der Waals surface area contributed by atoms with E-state index < -0.39 is 38.0 Å². The molecule has 3 atom stereocenters. The number of amides is 3. The Balaban J connectivity index is 1.41. The Bertz CT molecular complexity index is 1700. The number of likely N-dealkylation sites (N-methyl/N-ethyl adjacent to an activating group) is 1. The highest BCUT2D eigenvalue weighted by Crippen LogP contribution is 2.35. The zero-order valence-electron chi connectivity index (χ0n) is 29.1. The molecular weight excluding hydrogens is 683 g/mol. The van der Waals surface area contributed by atoms with Crippen molar-refractivity contribution < 1.29 is 51.9 Å². The topological polar surface area (TPSA) is 186 Å². The molecule has 3 unspecified atom stereocenters. The highest BCUT2D eigenvalue weighted by molar-refractivity contribution is 7.32. The number of ether oxygens (including phenoxy) is 2. The summed E-state index contributed by atoms with van der Waals surface area (Å²) in [7, 11) is -1.35. The summed E-state index contributed by atoms with van der Waals surface area (Å²) in [6.07, 6.45) is 3.56. The second kappa shape index (κ2) is 18.8. The van der Waals surface area contributed by atoms with Crippen LogP contribution in [0, 0.1) is 5.92 Å². The second-order valence-electron chi connectivity index (χ2n) is 11.8. The number of fused-ring (bicyclic) bond motifs is 1. The number of unbranched alkanes of at least 4 members (excludes halogenated alkanes) is 2. The largest absolute Gasteiger partial charge is 0.494 e. The third kappa shape index (κ3) is 10.5. The van der Waals surface area contributed by atoms with E-state index in [-0.39, 0.29) is 29.5 Å². The molecule has 51 heavy (non-hydrogen) atoms. The van der Waals surface area contributed by atoms with Crippen LogP contribution in [0.1, 0.15) is 73.8 Å². The van der Waals surface area contributed by atoms with Gasteiger partial charge in [-0.1, -0.05) is 33.1 Å². The number of carbonyl (C=O) groups excluding carboxylic acids is 4. The lowest BCUT2D eigenvalue weighted by Gasteiger charge is -2.32. The molecule has 0 radical (unpaired) electrons. The third-order valence-electron chi connectivity index (χ3n) is 8.27. The molecule has 2 heterocycles. The van der Waals surface area contributed by atoms with Crippen molar-refractivity contribution in [1.82, 2.24) is 15.7 Å². The van der Waals surface area contributed by atoms with Gasteiger partial charge >= 0.3 is 14.2 Å². The summed E-state index contributed by atoms with van der Waals surface area (Å²) in [5.74, 6) is -1.35. The Morgan fingerprint density at radius 3 is 2.55 bits per heavy atom. The fraction of sp³-hybridized carbons (Fsp3) is 0.429. The summed E-state index contributed by atoms with van der Waals surface area (Å²) in [4.78, 5) is 68.7. The van der Waals surface area contributed by atoms with Gasteiger partial charge in [0, 0.05) is 18.7 Å². The van der Waals surface area contributed by atoms with E-state index in [1.807, 2.05) is 18.9 Å². The SMILES string of the molecule is CCCCCC(C(=O)NCNC(=O)c1ccc(-c2cc(OCC)cc(O[PH](=O)O)c2)o1)C(CC)N(C=O)OC(=O)c1ccc2c(c1)OCCN2C. The molecule has 16 heteroatoms. The Hall–Kier alpha value is -5.01. The molecule has 1 aliphatic heterocycles. The summed E-state index contributed by atoms with van der Waals surface area (Å²) in [6, 6.07) is 11.7. The lowest BCUT2D eigenvalue weighted by Crippen LogP contribution is -2.49. The highest BCUT2D eigenvalue weighted by Gasteiger charge is 2.34. The molecule has 2 aromatic carbocycles. The number of nitrogens with one attached hydrogen (secondary N) is 2. The van der Waals surface area contributed by atoms with Gasteiger partial charge in [0.2, 0.25) is 12.3 Å². The molecule has 15 nitrogen and oxygen atoms in total. The van der Waals surface area contributed by atoms with Gasteiger partial charge in [0.15, 0.2) is 5.76 Å². The van der Waals surface area contributed by atoms with Crippen LogP contribution in [-0.2, 0) is 19.0 Å². The molecule has 1 aliphatic rings. The van der Waals surface area contributed by atoms with Crippen LogP contribution in [0.4, 0.5) is 5.69 Å². The van der Waals surface area contributed by atoms with Gasteiger partial charge in [-0.15, -0.1) is 0 Å². The summed E-state index contributed by atoms with van der Waals surface area (Å²) in [5, 5.41) is 6.21. The van der Waals surface area contributed by atoms with Gasteiger partial charge in [-0.25, -0.2) is 9.36 Å². The van der Waals surface area contributed by atoms with Crippen molar-refractivity contribution in [3.63, 3.8) is 0 Å². The van der Waals surface area contributed by atoms with Crippen molar-refractivity contribution in [3.05, 3.63) is 59.9 Å². The predicted octanol–water partition coefficient (Wildman–Crippen LogP) is 4.94. The van der Waals surface area contributed by atoms with Gasteiger partial charge in [-0.3, -0.25) is 14.4 Å². The molecule has 0 saturated carbocycles. The minimum absolute atomic E-state index is 0.0524. The predicted molar refractivity (Wildman–Crippen MR) is 188 cm³/mol. The van der Waals surface area contributed by atoms with Crippen LogP contribution in [0.25, 0.3) is 11.3 Å². The standard InChI is InChI=1S/C35H45N4O11P/c1-5-8-9-10-27(28(6-2)39(22-40)49-35(43)23-11-12-29-32(19-23)47-16-15-38(29)4)33(41)36-21-37-34(42)31-14-13-30(48-31)24-17-25(46-7-3)20-26(18-24)50-51(44)45/h11-14,17-20,22,27-28,51H,5-10,15-16,21H2,1-4H3,(H,36,41)(H,37,42)(H,44,45). The molecule has 0 aliphatic carbocycles. The van der Waals surface area contributed by atoms with Crippen LogP contribution >= 0.6 is 8.25 Å². The lowest BCUT2D eigenvalue weighted by atomic mass is 9.90. The van der Waals surface area contributed by atoms with E-state index in [1.165, 1.54) is 18.2 Å². The van der Waals surface area contributed by atoms with Crippen molar-refractivity contribution in [2.45, 2.75) is 58.9 Å². The molecule has 0 fully saturated rings. The number of carbonyl (C=O) groups is 4. The minimum Gasteiger partial charge on any atom is -0.494 e. The maximum absolute atomic E-state index is 13.6. The minimum atomic E-state index is -3.27. The Morgan fingerprint density at radius 1 is 1.06 bits per heavy atom. The average molecular weight is 729 g/mol. The average Bonchev–Trinajstić information content (AvgIpc) is 3.61. The summed E-state index contributed by atoms with van der Waals surface area (Å²) >= 11 is 0. The zero-order chi connectivity index (χ0) is 36.9. The van der Waals surface area contributed by atoms with E-state index in [0.29, 0.717) is 62.5 Å². The van der Waals surface area contributed by atoms with Crippen molar-refractivity contribution in [1.29, 1.82) is 0 Å². The number of hydroxylamine groups is 2. The molecule has 0 saturated heterocycles. The number of furan rings is 1. The molecule has 4 rings (SSSR count). The fourth-order valence-corrected chi connectivity index (χ4v) is 6.04. The van der Waals surface area contributed by atoms with Gasteiger partial charge in [-0.05, 0) is 62.2 Å². The van der Waals surface area contributed by atoms with Crippen LogP contribution in [-0.4, -0.2) is 73.7 Å². The maximum atomic E-state index is 13.6. The van der Waals surface area contributed by atoms with Crippen LogP contribution in [0.5, 0.6) is 17.2 Å². The van der Waals surface area contributed by atoms with Crippen LogP contribution in [0.15, 0.2) is 52.9 Å². The Kier molecular flexibility index (Phi) is 14.3. The van der Waals surface area contributed by atoms with Crippen molar-refractivity contribution in [2.75, 3.05) is 38.4 Å². The Labute approximate surface area is 297 Å². The van der Waals surface area contributed by atoms with Gasteiger partial charge in [0.1, 0.15) is 29.6 Å². The van der Waals surface area contributed by atoms with Crippen LogP contribution in [0.3, 0.4) is 0 Å². The first-order chi connectivity index (χ1) is 24.6. The molecule has 276 valence electrons. The van der Waals surface area contributed by atoms with Gasteiger partial charge in [0.25, 0.3) is 5.91 Å². The van der Waals surface area contributed by atoms with Crippen molar-refractivity contribution in [3.8, 4) is 28.6 Å². The Morgan fingerprint density at radius 2 is 1.84 bits per heavy atom. The third-order valence-corrected chi connectivity index (χ3v) is 8.68. The number of nitrogens with zero attached hydrogens (tertiary/aromatic N) is 2. The number of hydrogen-bond donors (Lipinski definition) is 3. The van der Waals surface area contributed by atoms with E-state index in [0.717, 1.165) is 23.6 Å². The molecule has 0 bridgehead atoms. The lowest BCUT2D eigenvalue weighted by molar-refractivity contribution is -0.171. The first kappa shape index (κ1) is 38.8. The zero-order valence-corrected chi connectivity index (χ0v) is 30.1. The van der Waals surface area contributed by atoms with Crippen LogP contribution < -0.4 is 29.5 Å². The summed E-state index contributed by atoms with van der Waals surface area (Å²) in [6.45, 7) is 6.87. The number of anilines is 1. The molecule has 0 spiro atoms. The van der Waals surface area contributed by atoms with E-state index in [2.05, 4.69) is 10.6 Å². The molecule has 3 amide bonds. The summed E-state index contributed by atoms with van der Waals surface area (Å²) < 4.78 is 33.2. The first-order valence-corrected chi connectivity index (χ1v) is 18.1. The second-order valence-corrected chi connectivity index (χ2v) is 12.5. The first-order valence-electron chi connectivity index (χ1n) is 16.9. The molecule has 3 N–H and O–H groups in total. The maximum Gasteiger partial charge on any atom is 0.365 e. The van der Waals surface area contributed by atoms with Crippen molar-refractivity contribution >= 4 is 38.1 Å². The monoisotopic (exact) mass is 728 g/mol. The van der Waals surface area contributed by atoms with E-state index >= 15 is 0 Å². The quantitative estimate of drug-likeness (QED) is 0.0497. The number of benzene rings is 2. The van der Waals surface area contributed by atoms with Gasteiger partial charge < -0.3 is 43.7 Å². The smallest absolute Gasteiger partial charge is 0.365 e. The fourth-order valence-electron chi connectivity index (χ4n) is 5.72. The van der Waals surface area contributed by atoms with Gasteiger partial charge in [0.05, 0.1) is 43.0 Å². The molecule has 3 aromatic rings. The van der Waals surface area contributed by atoms with E-state index in [4.69, 9.17) is 23.3 Å². The van der Waals surface area contributed by atoms with E-state index in [1.54, 1.807) is 44.2 Å².